The largest absolute Gasteiger partial charge is 0.367 e. The molecule has 0 aliphatic carbocycles. The van der Waals surface area contributed by atoms with Crippen molar-refractivity contribution in [1.29, 1.82) is 0 Å². The van der Waals surface area contributed by atoms with Gasteiger partial charge in [-0.15, -0.1) is 0 Å². The van der Waals surface area contributed by atoms with Crippen LogP contribution < -0.4 is 10.7 Å². The van der Waals surface area contributed by atoms with Crippen LogP contribution in [0.25, 0.3) is 10.9 Å². The number of pyridine rings is 2. The number of anilines is 1. The lowest BCUT2D eigenvalue weighted by atomic mass is 10.2. The molecule has 2 aromatic heterocycles. The first-order valence-electron chi connectivity index (χ1n) is 6.07. The van der Waals surface area contributed by atoms with Crippen LogP contribution in [0.5, 0.6) is 0 Å². The van der Waals surface area contributed by atoms with Gasteiger partial charge in [0, 0.05) is 35.7 Å². The van der Waals surface area contributed by atoms with E-state index in [1.807, 2.05) is 24.3 Å². The van der Waals surface area contributed by atoms with Crippen LogP contribution in [-0.2, 0) is 0 Å². The van der Waals surface area contributed by atoms with E-state index >= 15 is 0 Å². The third-order valence-corrected chi connectivity index (χ3v) is 2.93. The molecular formula is C15H11N3O2. The molecule has 1 aromatic carbocycles. The van der Waals surface area contributed by atoms with E-state index in [0.29, 0.717) is 5.69 Å². The summed E-state index contributed by atoms with van der Waals surface area (Å²) in [5.74, 6) is -0.435. The first kappa shape index (κ1) is 12.1. The number of carbonyl (C=O) groups excluding carboxylic acids is 1. The second-order valence-electron chi connectivity index (χ2n) is 4.29. The molecule has 0 aliphatic rings. The molecule has 0 unspecified atom stereocenters. The van der Waals surface area contributed by atoms with Gasteiger partial charge in [0.1, 0.15) is 5.56 Å². The van der Waals surface area contributed by atoms with E-state index in [-0.39, 0.29) is 11.0 Å². The average Bonchev–Trinajstić information content (AvgIpc) is 2.47. The lowest BCUT2D eigenvalue weighted by Crippen LogP contribution is -2.20. The van der Waals surface area contributed by atoms with Crippen molar-refractivity contribution in [2.75, 3.05) is 5.32 Å². The van der Waals surface area contributed by atoms with Gasteiger partial charge in [-0.1, -0.05) is 6.07 Å². The van der Waals surface area contributed by atoms with Crippen molar-refractivity contribution in [3.63, 3.8) is 0 Å². The molecule has 0 atom stereocenters. The number of amides is 1. The molecule has 0 aliphatic heterocycles. The van der Waals surface area contributed by atoms with Gasteiger partial charge in [0.05, 0.1) is 5.52 Å². The third kappa shape index (κ3) is 2.29. The van der Waals surface area contributed by atoms with E-state index < -0.39 is 5.91 Å². The third-order valence-electron chi connectivity index (χ3n) is 2.93. The number of hydrogen-bond acceptors (Lipinski definition) is 3. The Hall–Kier alpha value is -2.95. The van der Waals surface area contributed by atoms with Crippen molar-refractivity contribution in [3.8, 4) is 0 Å². The van der Waals surface area contributed by atoms with E-state index in [4.69, 9.17) is 0 Å². The number of carbonyl (C=O) groups is 1. The molecule has 0 saturated heterocycles. The summed E-state index contributed by atoms with van der Waals surface area (Å²) in [5.41, 5.74) is 1.24. The summed E-state index contributed by atoms with van der Waals surface area (Å²) in [6, 6.07) is 10.4. The van der Waals surface area contributed by atoms with Crippen LogP contribution in [0.4, 0.5) is 5.69 Å². The molecule has 2 heterocycles. The summed E-state index contributed by atoms with van der Waals surface area (Å²) in [6.07, 6.45) is 4.59. The van der Waals surface area contributed by atoms with Crippen molar-refractivity contribution < 1.29 is 4.79 Å². The Labute approximate surface area is 114 Å². The number of fused-ring (bicyclic) bond motifs is 1. The molecule has 3 rings (SSSR count). The first-order chi connectivity index (χ1) is 9.74. The summed E-state index contributed by atoms with van der Waals surface area (Å²) in [6.45, 7) is 0. The van der Waals surface area contributed by atoms with Gasteiger partial charge in [-0.25, -0.2) is 0 Å². The first-order valence-corrected chi connectivity index (χ1v) is 6.07. The van der Waals surface area contributed by atoms with Gasteiger partial charge in [-0.05, 0) is 24.3 Å². The zero-order valence-corrected chi connectivity index (χ0v) is 10.5. The molecule has 1 amide bonds. The highest BCUT2D eigenvalue weighted by Gasteiger charge is 2.09. The topological polar surface area (TPSA) is 74.8 Å². The minimum absolute atomic E-state index is 0.0822. The van der Waals surface area contributed by atoms with Crippen molar-refractivity contribution in [2.24, 2.45) is 0 Å². The maximum Gasteiger partial charge on any atom is 0.261 e. The molecule has 5 nitrogen and oxygen atoms in total. The van der Waals surface area contributed by atoms with E-state index in [2.05, 4.69) is 15.3 Å². The number of aromatic nitrogens is 2. The number of benzene rings is 1. The predicted octanol–water partition coefficient (Wildman–Crippen LogP) is 2.18. The number of nitrogens with zero attached hydrogens (tertiary/aromatic N) is 1. The highest BCUT2D eigenvalue weighted by atomic mass is 16.2. The molecule has 20 heavy (non-hydrogen) atoms. The maximum atomic E-state index is 12.0. The SMILES string of the molecule is O=C(Nc1ccc2ncccc2c1)c1c[nH]ccc1=O. The molecule has 3 aromatic rings. The van der Waals surface area contributed by atoms with Gasteiger partial charge in [-0.3, -0.25) is 14.6 Å². The summed E-state index contributed by atoms with van der Waals surface area (Å²) in [5, 5.41) is 3.63. The standard InChI is InChI=1S/C15H11N3O2/c19-14-5-7-16-9-12(14)15(20)18-11-3-4-13-10(8-11)2-1-6-17-13/h1-9H,(H,16,19)(H,18,20). The van der Waals surface area contributed by atoms with Crippen LogP contribution in [-0.4, -0.2) is 15.9 Å². The summed E-state index contributed by atoms with van der Waals surface area (Å²) in [4.78, 5) is 30.5. The second-order valence-corrected chi connectivity index (χ2v) is 4.29. The van der Waals surface area contributed by atoms with E-state index in [1.54, 1.807) is 12.3 Å². The summed E-state index contributed by atoms with van der Waals surface area (Å²) >= 11 is 0. The molecule has 0 radical (unpaired) electrons. The minimum atomic E-state index is -0.435. The van der Waals surface area contributed by atoms with Crippen LogP contribution in [0.15, 0.2) is 59.8 Å². The van der Waals surface area contributed by atoms with Crippen LogP contribution in [0.2, 0.25) is 0 Å². The second kappa shape index (κ2) is 4.97. The molecule has 5 heteroatoms. The van der Waals surface area contributed by atoms with Gasteiger partial charge >= 0.3 is 0 Å². The van der Waals surface area contributed by atoms with E-state index in [1.165, 1.54) is 18.5 Å². The maximum absolute atomic E-state index is 12.0. The van der Waals surface area contributed by atoms with Crippen LogP contribution in [0.3, 0.4) is 0 Å². The number of rotatable bonds is 2. The van der Waals surface area contributed by atoms with Crippen molar-refractivity contribution >= 4 is 22.5 Å². The molecule has 98 valence electrons. The van der Waals surface area contributed by atoms with E-state index in [0.717, 1.165) is 10.9 Å². The quantitative estimate of drug-likeness (QED) is 0.745. The smallest absolute Gasteiger partial charge is 0.261 e. The fourth-order valence-electron chi connectivity index (χ4n) is 1.95. The van der Waals surface area contributed by atoms with Gasteiger partial charge < -0.3 is 10.3 Å². The molecule has 2 N–H and O–H groups in total. The fourth-order valence-corrected chi connectivity index (χ4v) is 1.95. The average molecular weight is 265 g/mol. The summed E-state index contributed by atoms with van der Waals surface area (Å²) in [7, 11) is 0. The van der Waals surface area contributed by atoms with Gasteiger partial charge in [0.15, 0.2) is 5.43 Å². The van der Waals surface area contributed by atoms with Gasteiger partial charge in [0.2, 0.25) is 0 Å². The Morgan fingerprint density at radius 3 is 2.95 bits per heavy atom. The number of aromatic amines is 1. The molecule has 0 spiro atoms. The fraction of sp³-hybridized carbons (Fsp3) is 0. The lowest BCUT2D eigenvalue weighted by Gasteiger charge is -2.05. The Morgan fingerprint density at radius 2 is 2.10 bits per heavy atom. The van der Waals surface area contributed by atoms with Crippen LogP contribution in [0, 0.1) is 0 Å². The Kier molecular flexibility index (Phi) is 3.01. The molecule has 0 fully saturated rings. The van der Waals surface area contributed by atoms with Crippen LogP contribution >= 0.6 is 0 Å². The molecule has 0 saturated carbocycles. The predicted molar refractivity (Wildman–Crippen MR) is 76.8 cm³/mol. The number of hydrogen-bond donors (Lipinski definition) is 2. The van der Waals surface area contributed by atoms with Crippen LogP contribution in [0.1, 0.15) is 10.4 Å². The zero-order valence-electron chi connectivity index (χ0n) is 10.5. The number of H-pyrrole nitrogens is 1. The highest BCUT2D eigenvalue weighted by molar-refractivity contribution is 6.04. The summed E-state index contributed by atoms with van der Waals surface area (Å²) < 4.78 is 0. The lowest BCUT2D eigenvalue weighted by molar-refractivity contribution is 0.102. The Balaban J connectivity index is 1.91. The van der Waals surface area contributed by atoms with Gasteiger partial charge in [-0.2, -0.15) is 0 Å². The van der Waals surface area contributed by atoms with E-state index in [9.17, 15) is 9.59 Å². The highest BCUT2D eigenvalue weighted by Crippen LogP contribution is 2.17. The Bertz CT molecular complexity index is 839. The Morgan fingerprint density at radius 1 is 1.20 bits per heavy atom. The zero-order chi connectivity index (χ0) is 13.9. The van der Waals surface area contributed by atoms with Crippen molar-refractivity contribution in [3.05, 3.63) is 70.8 Å². The van der Waals surface area contributed by atoms with Gasteiger partial charge in [0.25, 0.3) is 5.91 Å². The molecule has 0 bridgehead atoms. The minimum Gasteiger partial charge on any atom is -0.367 e. The number of nitrogens with one attached hydrogen (secondary N) is 2. The van der Waals surface area contributed by atoms with Crippen molar-refractivity contribution in [1.82, 2.24) is 9.97 Å². The molecular weight excluding hydrogens is 254 g/mol. The normalized spacial score (nSPS) is 10.4. The monoisotopic (exact) mass is 265 g/mol. The van der Waals surface area contributed by atoms with Crippen molar-refractivity contribution in [2.45, 2.75) is 0 Å².